The lowest BCUT2D eigenvalue weighted by atomic mass is 9.85. The number of nitrogens with zero attached hydrogens (tertiary/aromatic N) is 2. The van der Waals surface area contributed by atoms with Gasteiger partial charge in [-0.2, -0.15) is 4.99 Å². The van der Waals surface area contributed by atoms with Crippen LogP contribution in [-0.4, -0.2) is 30.1 Å². The molecule has 114 valence electrons. The van der Waals surface area contributed by atoms with Gasteiger partial charge in [-0.05, 0) is 18.1 Å². The standard InChI is InChI=1S/C17H19N3O2/c1-10(2)14-15(19-17(21)20-16(14)22-3)12-8-11-6-4-5-7-13(11)18-9-12/h4-10,14,16H,1-3H3,(H,20,21). The molecule has 2 amide bonds. The second-order valence-corrected chi connectivity index (χ2v) is 5.79. The number of carbonyl (C=O) groups excluding carboxylic acids is 1. The Morgan fingerprint density at radius 2 is 2.05 bits per heavy atom. The molecule has 1 aromatic carbocycles. The molecule has 0 spiro atoms. The van der Waals surface area contributed by atoms with E-state index in [2.05, 4.69) is 29.1 Å². The first-order chi connectivity index (χ1) is 10.6. The van der Waals surface area contributed by atoms with E-state index >= 15 is 0 Å². The summed E-state index contributed by atoms with van der Waals surface area (Å²) in [5, 5.41) is 3.80. The Morgan fingerprint density at radius 3 is 2.77 bits per heavy atom. The maximum Gasteiger partial charge on any atom is 0.343 e. The van der Waals surface area contributed by atoms with E-state index in [9.17, 15) is 4.79 Å². The van der Waals surface area contributed by atoms with Crippen molar-refractivity contribution in [2.45, 2.75) is 20.1 Å². The molecular weight excluding hydrogens is 278 g/mol. The van der Waals surface area contributed by atoms with E-state index in [1.165, 1.54) is 0 Å². The third-order valence-corrected chi connectivity index (χ3v) is 3.99. The number of fused-ring (bicyclic) bond motifs is 1. The molecular formula is C17H19N3O2. The lowest BCUT2D eigenvalue weighted by Crippen LogP contribution is -2.50. The quantitative estimate of drug-likeness (QED) is 0.947. The molecule has 0 aliphatic carbocycles. The summed E-state index contributed by atoms with van der Waals surface area (Å²) in [6.45, 7) is 4.19. The number of methoxy groups -OCH3 is 1. The maximum absolute atomic E-state index is 11.8. The molecule has 0 bridgehead atoms. The van der Waals surface area contributed by atoms with E-state index < -0.39 is 0 Å². The minimum Gasteiger partial charge on any atom is -0.361 e. The Hall–Kier alpha value is -2.27. The normalized spacial score (nSPS) is 21.8. The number of benzene rings is 1. The summed E-state index contributed by atoms with van der Waals surface area (Å²) in [5.41, 5.74) is 2.54. The van der Waals surface area contributed by atoms with Crippen molar-refractivity contribution in [3.8, 4) is 0 Å². The van der Waals surface area contributed by atoms with Crippen molar-refractivity contribution in [1.29, 1.82) is 0 Å². The molecule has 2 atom stereocenters. The van der Waals surface area contributed by atoms with Gasteiger partial charge in [0, 0.05) is 30.2 Å². The molecule has 1 N–H and O–H groups in total. The van der Waals surface area contributed by atoms with Crippen LogP contribution in [0.25, 0.3) is 10.9 Å². The Balaban J connectivity index is 2.10. The van der Waals surface area contributed by atoms with Crippen LogP contribution >= 0.6 is 0 Å². The molecule has 1 aromatic heterocycles. The molecule has 0 fully saturated rings. The van der Waals surface area contributed by atoms with Gasteiger partial charge in [-0.1, -0.05) is 32.0 Å². The molecule has 1 aliphatic heterocycles. The monoisotopic (exact) mass is 297 g/mol. The molecule has 0 saturated heterocycles. The summed E-state index contributed by atoms with van der Waals surface area (Å²) in [6.07, 6.45) is 1.41. The van der Waals surface area contributed by atoms with Gasteiger partial charge in [-0.15, -0.1) is 0 Å². The molecule has 3 rings (SSSR count). The van der Waals surface area contributed by atoms with Gasteiger partial charge in [0.1, 0.15) is 6.23 Å². The second kappa shape index (κ2) is 5.85. The van der Waals surface area contributed by atoms with E-state index in [4.69, 9.17) is 4.74 Å². The number of nitrogens with one attached hydrogen (secondary N) is 1. The minimum atomic E-state index is -0.369. The van der Waals surface area contributed by atoms with E-state index in [-0.39, 0.29) is 24.1 Å². The summed E-state index contributed by atoms with van der Waals surface area (Å²) >= 11 is 0. The highest BCUT2D eigenvalue weighted by Gasteiger charge is 2.35. The minimum absolute atomic E-state index is 0.00865. The van der Waals surface area contributed by atoms with E-state index in [0.717, 1.165) is 22.2 Å². The number of ether oxygens (including phenoxy) is 1. The molecule has 0 saturated carbocycles. The Bertz CT molecular complexity index is 740. The zero-order chi connectivity index (χ0) is 15.7. The predicted molar refractivity (Wildman–Crippen MR) is 85.9 cm³/mol. The highest BCUT2D eigenvalue weighted by molar-refractivity contribution is 6.10. The molecule has 0 radical (unpaired) electrons. The van der Waals surface area contributed by atoms with Gasteiger partial charge in [-0.25, -0.2) is 4.79 Å². The van der Waals surface area contributed by atoms with Crippen molar-refractivity contribution in [2.24, 2.45) is 16.8 Å². The first-order valence-electron chi connectivity index (χ1n) is 7.37. The van der Waals surface area contributed by atoms with Gasteiger partial charge < -0.3 is 10.1 Å². The van der Waals surface area contributed by atoms with Crippen molar-refractivity contribution in [2.75, 3.05) is 7.11 Å². The summed E-state index contributed by atoms with van der Waals surface area (Å²) in [7, 11) is 1.60. The van der Waals surface area contributed by atoms with Gasteiger partial charge in [0.15, 0.2) is 0 Å². The molecule has 2 unspecified atom stereocenters. The number of rotatable bonds is 3. The molecule has 5 heteroatoms. The summed E-state index contributed by atoms with van der Waals surface area (Å²) < 4.78 is 5.44. The van der Waals surface area contributed by atoms with Crippen molar-refractivity contribution in [3.63, 3.8) is 0 Å². The van der Waals surface area contributed by atoms with Crippen LogP contribution < -0.4 is 5.32 Å². The zero-order valence-electron chi connectivity index (χ0n) is 12.9. The first kappa shape index (κ1) is 14.7. The van der Waals surface area contributed by atoms with Crippen LogP contribution in [0.4, 0.5) is 4.79 Å². The van der Waals surface area contributed by atoms with Crippen LogP contribution in [0.3, 0.4) is 0 Å². The smallest absolute Gasteiger partial charge is 0.343 e. The van der Waals surface area contributed by atoms with E-state index in [1.807, 2.05) is 30.3 Å². The summed E-state index contributed by atoms with van der Waals surface area (Å²) in [5.74, 6) is 0.265. The number of aromatic nitrogens is 1. The second-order valence-electron chi connectivity index (χ2n) is 5.79. The predicted octanol–water partition coefficient (Wildman–Crippen LogP) is 2.99. The number of aliphatic imine (C=N–C) groups is 1. The highest BCUT2D eigenvalue weighted by atomic mass is 16.5. The largest absolute Gasteiger partial charge is 0.361 e. The topological polar surface area (TPSA) is 63.6 Å². The number of hydrogen-bond donors (Lipinski definition) is 1. The number of carbonyl (C=O) groups is 1. The van der Waals surface area contributed by atoms with Crippen LogP contribution in [0.15, 0.2) is 41.5 Å². The van der Waals surface area contributed by atoms with Gasteiger partial charge in [0.05, 0.1) is 11.2 Å². The average Bonchev–Trinajstić information content (AvgIpc) is 2.53. The van der Waals surface area contributed by atoms with Crippen molar-refractivity contribution in [3.05, 3.63) is 42.1 Å². The fourth-order valence-corrected chi connectivity index (χ4v) is 2.91. The third-order valence-electron chi connectivity index (χ3n) is 3.99. The first-order valence-corrected chi connectivity index (χ1v) is 7.37. The SMILES string of the molecule is COC1NC(=O)N=C(c2cnc3ccccc3c2)C1C(C)C. The van der Waals surface area contributed by atoms with Gasteiger partial charge >= 0.3 is 6.03 Å². The lowest BCUT2D eigenvalue weighted by Gasteiger charge is -2.33. The van der Waals surface area contributed by atoms with Crippen LogP contribution in [0.1, 0.15) is 19.4 Å². The molecule has 5 nitrogen and oxygen atoms in total. The Morgan fingerprint density at radius 1 is 1.27 bits per heavy atom. The number of para-hydroxylation sites is 1. The Kier molecular flexibility index (Phi) is 3.90. The van der Waals surface area contributed by atoms with E-state index in [0.29, 0.717) is 0 Å². The van der Waals surface area contributed by atoms with Crippen molar-refractivity contribution in [1.82, 2.24) is 10.3 Å². The number of amides is 2. The molecule has 22 heavy (non-hydrogen) atoms. The molecule has 2 aromatic rings. The maximum atomic E-state index is 11.8. The Labute approximate surface area is 129 Å². The van der Waals surface area contributed by atoms with Crippen LogP contribution in [0.2, 0.25) is 0 Å². The van der Waals surface area contributed by atoms with Gasteiger partial charge in [0.2, 0.25) is 0 Å². The van der Waals surface area contributed by atoms with E-state index in [1.54, 1.807) is 13.3 Å². The fourth-order valence-electron chi connectivity index (χ4n) is 2.91. The number of urea groups is 1. The summed E-state index contributed by atoms with van der Waals surface area (Å²) in [4.78, 5) is 20.5. The molecule has 2 heterocycles. The van der Waals surface area contributed by atoms with Crippen molar-refractivity contribution < 1.29 is 9.53 Å². The number of hydrogen-bond acceptors (Lipinski definition) is 3. The summed E-state index contributed by atoms with van der Waals surface area (Å²) in [6, 6.07) is 9.56. The third kappa shape index (κ3) is 2.60. The van der Waals surface area contributed by atoms with Gasteiger partial charge in [-0.3, -0.25) is 4.98 Å². The lowest BCUT2D eigenvalue weighted by molar-refractivity contribution is 0.0395. The molecule has 1 aliphatic rings. The van der Waals surface area contributed by atoms with Crippen molar-refractivity contribution >= 4 is 22.6 Å². The van der Waals surface area contributed by atoms with Gasteiger partial charge in [0.25, 0.3) is 0 Å². The highest BCUT2D eigenvalue weighted by Crippen LogP contribution is 2.26. The zero-order valence-corrected chi connectivity index (χ0v) is 12.9. The average molecular weight is 297 g/mol. The van der Waals surface area contributed by atoms with Crippen LogP contribution in [0.5, 0.6) is 0 Å². The fraction of sp³-hybridized carbons (Fsp3) is 0.353. The number of pyridine rings is 1. The van der Waals surface area contributed by atoms with Crippen LogP contribution in [-0.2, 0) is 4.74 Å². The van der Waals surface area contributed by atoms with Crippen LogP contribution in [0, 0.1) is 11.8 Å².